The van der Waals surface area contributed by atoms with Crippen molar-refractivity contribution in [3.63, 3.8) is 0 Å². The minimum Gasteiger partial charge on any atom is -0.361 e. The van der Waals surface area contributed by atoms with Crippen LogP contribution >= 0.6 is 0 Å². The molecule has 3 rings (SSSR count). The van der Waals surface area contributed by atoms with Gasteiger partial charge in [0.15, 0.2) is 0 Å². The van der Waals surface area contributed by atoms with Gasteiger partial charge in [-0.3, -0.25) is 9.59 Å². The Hall–Kier alpha value is -1.99. The monoisotopic (exact) mass is 355 g/mol. The summed E-state index contributed by atoms with van der Waals surface area (Å²) in [5, 5.41) is 6.74. The Kier molecular flexibility index (Phi) is 4.79. The van der Waals surface area contributed by atoms with Gasteiger partial charge in [0.25, 0.3) is 0 Å². The molecule has 0 aromatic carbocycles. The number of likely N-dealkylation sites (tertiary alicyclic amines) is 1. The average Bonchev–Trinajstić information content (AvgIpc) is 2.73. The number of amides is 2. The van der Waals surface area contributed by atoms with Gasteiger partial charge in [0, 0.05) is 43.3 Å². The first-order valence-electron chi connectivity index (χ1n) is 8.63. The normalized spacial score (nSPS) is 23.9. The number of aryl methyl sites for hydroxylation is 2. The first kappa shape index (κ1) is 17.8. The van der Waals surface area contributed by atoms with Gasteiger partial charge >= 0.3 is 0 Å². The third kappa shape index (κ3) is 3.99. The van der Waals surface area contributed by atoms with E-state index in [4.69, 9.17) is 4.52 Å². The molecule has 0 radical (unpaired) electrons. The highest BCUT2D eigenvalue weighted by molar-refractivity contribution is 5.80. The van der Waals surface area contributed by atoms with Crippen LogP contribution in [0.4, 0.5) is 8.78 Å². The smallest absolute Gasteiger partial charge is 0.249 e. The van der Waals surface area contributed by atoms with E-state index in [9.17, 15) is 18.4 Å². The van der Waals surface area contributed by atoms with Crippen LogP contribution in [0.5, 0.6) is 0 Å². The lowest BCUT2D eigenvalue weighted by Crippen LogP contribution is -2.48. The molecule has 1 N–H and O–H groups in total. The number of rotatable bonds is 4. The van der Waals surface area contributed by atoms with Crippen LogP contribution in [-0.4, -0.2) is 40.4 Å². The zero-order chi connectivity index (χ0) is 18.2. The summed E-state index contributed by atoms with van der Waals surface area (Å²) in [5.74, 6) is -2.90. The van der Waals surface area contributed by atoms with Crippen molar-refractivity contribution in [2.75, 3.05) is 6.54 Å². The van der Waals surface area contributed by atoms with E-state index < -0.39 is 11.8 Å². The van der Waals surface area contributed by atoms with Crippen LogP contribution in [0.15, 0.2) is 4.52 Å². The quantitative estimate of drug-likeness (QED) is 0.899. The first-order chi connectivity index (χ1) is 11.7. The van der Waals surface area contributed by atoms with Crippen molar-refractivity contribution in [2.45, 2.75) is 64.5 Å². The standard InChI is InChI=1S/C17H23F2N3O3/c1-10-14(11(2)25-21-10)9-22-6-5-13(3-4-15(22)23)20-16(24)12-7-17(18,19)8-12/h12-13H,3-9H2,1-2H3,(H,20,24). The highest BCUT2D eigenvalue weighted by Crippen LogP contribution is 2.42. The van der Waals surface area contributed by atoms with E-state index in [1.165, 1.54) is 0 Å². The van der Waals surface area contributed by atoms with Crippen LogP contribution in [0.3, 0.4) is 0 Å². The molecule has 6 nitrogen and oxygen atoms in total. The van der Waals surface area contributed by atoms with E-state index in [1.807, 2.05) is 13.8 Å². The van der Waals surface area contributed by atoms with Gasteiger partial charge in [-0.05, 0) is 26.7 Å². The average molecular weight is 355 g/mol. The molecule has 2 aliphatic rings. The van der Waals surface area contributed by atoms with Crippen LogP contribution in [0.25, 0.3) is 0 Å². The van der Waals surface area contributed by atoms with Gasteiger partial charge in [-0.15, -0.1) is 0 Å². The molecule has 2 amide bonds. The van der Waals surface area contributed by atoms with Crippen LogP contribution in [0.1, 0.15) is 49.1 Å². The Balaban J connectivity index is 1.54. The molecule has 1 unspecified atom stereocenters. The van der Waals surface area contributed by atoms with Gasteiger partial charge < -0.3 is 14.7 Å². The molecule has 1 aliphatic carbocycles. The fraction of sp³-hybridized carbons (Fsp3) is 0.706. The fourth-order valence-electron chi connectivity index (χ4n) is 3.43. The van der Waals surface area contributed by atoms with E-state index in [0.29, 0.717) is 38.1 Å². The number of nitrogens with zero attached hydrogens (tertiary/aromatic N) is 2. The lowest BCUT2D eigenvalue weighted by Gasteiger charge is -2.34. The summed E-state index contributed by atoms with van der Waals surface area (Å²) in [6.07, 6.45) is 0.732. The van der Waals surface area contributed by atoms with Gasteiger partial charge in [-0.25, -0.2) is 8.78 Å². The number of alkyl halides is 2. The van der Waals surface area contributed by atoms with Crippen LogP contribution in [0, 0.1) is 19.8 Å². The lowest BCUT2D eigenvalue weighted by atomic mass is 9.80. The van der Waals surface area contributed by atoms with Crippen LogP contribution in [-0.2, 0) is 16.1 Å². The van der Waals surface area contributed by atoms with Crippen LogP contribution < -0.4 is 5.32 Å². The zero-order valence-corrected chi connectivity index (χ0v) is 14.5. The number of hydrogen-bond acceptors (Lipinski definition) is 4. The Labute approximate surface area is 144 Å². The summed E-state index contributed by atoms with van der Waals surface area (Å²) < 4.78 is 30.9. The second-order valence-corrected chi connectivity index (χ2v) is 7.11. The first-order valence-corrected chi connectivity index (χ1v) is 8.63. The Morgan fingerprint density at radius 1 is 1.36 bits per heavy atom. The van der Waals surface area contributed by atoms with E-state index >= 15 is 0 Å². The number of carbonyl (C=O) groups excluding carboxylic acids is 2. The van der Waals surface area contributed by atoms with Crippen LogP contribution in [0.2, 0.25) is 0 Å². The van der Waals surface area contributed by atoms with Gasteiger partial charge in [0.05, 0.1) is 12.2 Å². The number of nitrogens with one attached hydrogen (secondary N) is 1. The second kappa shape index (κ2) is 6.72. The van der Waals surface area contributed by atoms with Crippen molar-refractivity contribution in [1.29, 1.82) is 0 Å². The predicted molar refractivity (Wildman–Crippen MR) is 84.8 cm³/mol. The molecule has 8 heteroatoms. The SMILES string of the molecule is Cc1noc(C)c1CN1CCC(NC(=O)C2CC(F)(F)C2)CCC1=O. The number of hydrogen-bond donors (Lipinski definition) is 1. The van der Waals surface area contributed by atoms with E-state index in [1.54, 1.807) is 4.90 Å². The molecule has 0 spiro atoms. The van der Waals surface area contributed by atoms with Crippen molar-refractivity contribution in [3.05, 3.63) is 17.0 Å². The Morgan fingerprint density at radius 2 is 2.08 bits per heavy atom. The summed E-state index contributed by atoms with van der Waals surface area (Å²) >= 11 is 0. The van der Waals surface area contributed by atoms with Gasteiger partial charge in [-0.1, -0.05) is 5.16 Å². The molecule has 25 heavy (non-hydrogen) atoms. The lowest BCUT2D eigenvalue weighted by molar-refractivity contribution is -0.150. The van der Waals surface area contributed by atoms with Crippen molar-refractivity contribution in [3.8, 4) is 0 Å². The maximum absolute atomic E-state index is 12.9. The summed E-state index contributed by atoms with van der Waals surface area (Å²) in [6, 6.07) is -0.152. The molecule has 1 atom stereocenters. The molecule has 2 fully saturated rings. The predicted octanol–water partition coefficient (Wildman–Crippen LogP) is 2.33. The topological polar surface area (TPSA) is 75.4 Å². The molecule has 1 aromatic rings. The van der Waals surface area contributed by atoms with Gasteiger partial charge in [-0.2, -0.15) is 0 Å². The maximum Gasteiger partial charge on any atom is 0.249 e. The Morgan fingerprint density at radius 3 is 2.68 bits per heavy atom. The Bertz CT molecular complexity index is 647. The van der Waals surface area contributed by atoms with E-state index in [2.05, 4.69) is 10.5 Å². The maximum atomic E-state index is 12.9. The minimum atomic E-state index is -2.70. The molecule has 0 bridgehead atoms. The number of carbonyl (C=O) groups is 2. The highest BCUT2D eigenvalue weighted by atomic mass is 19.3. The molecule has 1 saturated carbocycles. The molecule has 2 heterocycles. The third-order valence-corrected chi connectivity index (χ3v) is 5.14. The molecular formula is C17H23F2N3O3. The van der Waals surface area contributed by atoms with E-state index in [-0.39, 0.29) is 30.7 Å². The van der Waals surface area contributed by atoms with Crippen molar-refractivity contribution < 1.29 is 22.9 Å². The van der Waals surface area contributed by atoms with Gasteiger partial charge in [0.1, 0.15) is 5.76 Å². The summed E-state index contributed by atoms with van der Waals surface area (Å²) in [7, 11) is 0. The minimum absolute atomic E-state index is 0.0203. The molecule has 138 valence electrons. The highest BCUT2D eigenvalue weighted by Gasteiger charge is 2.48. The largest absolute Gasteiger partial charge is 0.361 e. The molecule has 1 saturated heterocycles. The summed E-state index contributed by atoms with van der Waals surface area (Å²) in [6.45, 7) is 4.60. The van der Waals surface area contributed by atoms with E-state index in [0.717, 1.165) is 11.3 Å². The molecule has 1 aromatic heterocycles. The zero-order valence-electron chi connectivity index (χ0n) is 14.5. The molecular weight excluding hydrogens is 332 g/mol. The molecule has 1 aliphatic heterocycles. The summed E-state index contributed by atoms with van der Waals surface area (Å²) in [5.41, 5.74) is 1.68. The van der Waals surface area contributed by atoms with Crippen molar-refractivity contribution in [1.82, 2.24) is 15.4 Å². The number of halogens is 2. The number of aromatic nitrogens is 1. The summed E-state index contributed by atoms with van der Waals surface area (Å²) in [4.78, 5) is 26.1. The second-order valence-electron chi connectivity index (χ2n) is 7.11. The fourth-order valence-corrected chi connectivity index (χ4v) is 3.43. The van der Waals surface area contributed by atoms with Crippen molar-refractivity contribution in [2.24, 2.45) is 5.92 Å². The van der Waals surface area contributed by atoms with Crippen molar-refractivity contribution >= 4 is 11.8 Å². The van der Waals surface area contributed by atoms with Gasteiger partial charge in [0.2, 0.25) is 17.7 Å². The third-order valence-electron chi connectivity index (χ3n) is 5.14.